The van der Waals surface area contributed by atoms with E-state index in [4.69, 9.17) is 15.2 Å². The van der Waals surface area contributed by atoms with E-state index in [1.807, 2.05) is 67.6 Å². The van der Waals surface area contributed by atoms with Crippen LogP contribution in [0.2, 0.25) is 0 Å². The second kappa shape index (κ2) is 16.8. The maximum absolute atomic E-state index is 13.4. The Morgan fingerprint density at radius 3 is 2.02 bits per heavy atom. The molecular formula is C45H45N5O6P+. The van der Waals surface area contributed by atoms with Crippen molar-refractivity contribution in [3.8, 4) is 5.75 Å². The highest BCUT2D eigenvalue weighted by Crippen LogP contribution is 2.55. The van der Waals surface area contributed by atoms with Gasteiger partial charge in [-0.2, -0.15) is 0 Å². The second-order valence-electron chi connectivity index (χ2n) is 14.4. The Morgan fingerprint density at radius 1 is 0.842 bits per heavy atom. The minimum absolute atomic E-state index is 0.00284. The third kappa shape index (κ3) is 8.16. The van der Waals surface area contributed by atoms with Crippen LogP contribution >= 0.6 is 7.26 Å². The number of nitrogens with one attached hydrogen (secondary N) is 2. The number of benzene rings is 5. The number of carbonyl (C=O) groups is 4. The van der Waals surface area contributed by atoms with Crippen LogP contribution < -0.4 is 31.7 Å². The molecule has 5 aromatic carbocycles. The number of amides is 3. The van der Waals surface area contributed by atoms with E-state index in [9.17, 15) is 19.2 Å². The Hall–Kier alpha value is -6.32. The van der Waals surface area contributed by atoms with E-state index in [0.717, 1.165) is 6.42 Å². The lowest BCUT2D eigenvalue weighted by atomic mass is 9.98. The molecule has 1 aromatic heterocycles. The fourth-order valence-electron chi connectivity index (χ4n) is 7.59. The largest absolute Gasteiger partial charge is 0.445 e. The van der Waals surface area contributed by atoms with Gasteiger partial charge in [-0.1, -0.05) is 72.8 Å². The number of para-hydroxylation sites is 1. The molecule has 0 spiro atoms. The van der Waals surface area contributed by atoms with Gasteiger partial charge in [0.1, 0.15) is 58.5 Å². The maximum Gasteiger partial charge on any atom is 0.410 e. The zero-order valence-corrected chi connectivity index (χ0v) is 32.8. The number of esters is 1. The highest BCUT2D eigenvalue weighted by molar-refractivity contribution is 7.95. The molecule has 1 unspecified atom stereocenters. The summed E-state index contributed by atoms with van der Waals surface area (Å²) >= 11 is 0. The van der Waals surface area contributed by atoms with Crippen molar-refractivity contribution in [3.05, 3.63) is 150 Å². The van der Waals surface area contributed by atoms with Crippen molar-refractivity contribution in [3.63, 3.8) is 0 Å². The Labute approximate surface area is 331 Å². The summed E-state index contributed by atoms with van der Waals surface area (Å²) in [5.41, 5.74) is 6.92. The van der Waals surface area contributed by atoms with Crippen LogP contribution in [0.5, 0.6) is 5.75 Å². The number of primary amides is 1. The molecule has 0 radical (unpaired) electrons. The highest BCUT2D eigenvalue weighted by Gasteiger charge is 2.46. The first-order chi connectivity index (χ1) is 27.6. The molecule has 1 saturated heterocycles. The molecule has 12 heteroatoms. The first-order valence-electron chi connectivity index (χ1n) is 19.0. The summed E-state index contributed by atoms with van der Waals surface area (Å²) in [6.07, 6.45) is 1.70. The number of rotatable bonds is 13. The number of hydrogen-bond acceptors (Lipinski definition) is 7. The number of fused-ring (bicyclic) bond motifs is 1. The number of ether oxygens (including phenoxy) is 2. The van der Waals surface area contributed by atoms with E-state index in [1.165, 1.54) is 15.9 Å². The average molecular weight is 783 g/mol. The van der Waals surface area contributed by atoms with Crippen LogP contribution in [0.1, 0.15) is 54.9 Å². The molecule has 1 aliphatic heterocycles. The zero-order chi connectivity index (χ0) is 40.0. The van der Waals surface area contributed by atoms with Crippen LogP contribution in [0.15, 0.2) is 133 Å². The average Bonchev–Trinajstić information content (AvgIpc) is 3.87. The number of hydrogen-bond donors (Lipinski definition) is 3. The number of nitrogens with zero attached hydrogens (tertiary/aromatic N) is 2. The highest BCUT2D eigenvalue weighted by atomic mass is 31.2. The topological polar surface area (TPSA) is 157 Å². The van der Waals surface area contributed by atoms with Crippen LogP contribution in [-0.2, 0) is 26.5 Å². The minimum atomic E-state index is -2.21. The van der Waals surface area contributed by atoms with Crippen molar-refractivity contribution in [1.82, 2.24) is 20.2 Å². The van der Waals surface area contributed by atoms with Gasteiger partial charge in [-0.25, -0.2) is 14.6 Å². The lowest BCUT2D eigenvalue weighted by Crippen LogP contribution is -2.43. The molecule has 57 heavy (non-hydrogen) atoms. The molecule has 290 valence electrons. The quantitative estimate of drug-likeness (QED) is 0.0726. The molecule has 7 rings (SSSR count). The third-order valence-electron chi connectivity index (χ3n) is 10.7. The number of aromatic amines is 1. The maximum atomic E-state index is 13.4. The van der Waals surface area contributed by atoms with Crippen molar-refractivity contribution in [2.75, 3.05) is 12.7 Å². The molecule has 2 atom stereocenters. The first-order valence-corrected chi connectivity index (χ1v) is 20.9. The van der Waals surface area contributed by atoms with Gasteiger partial charge in [0.05, 0.1) is 23.7 Å². The second-order valence-corrected chi connectivity index (χ2v) is 18.0. The molecule has 4 N–H and O–H groups in total. The Morgan fingerprint density at radius 2 is 1.44 bits per heavy atom. The van der Waals surface area contributed by atoms with Gasteiger partial charge >= 0.3 is 12.1 Å². The van der Waals surface area contributed by atoms with E-state index in [-0.39, 0.29) is 18.9 Å². The Bertz CT molecular complexity index is 2280. The molecule has 1 aliphatic rings. The van der Waals surface area contributed by atoms with Crippen LogP contribution in [0.3, 0.4) is 0 Å². The molecule has 2 heterocycles. The summed E-state index contributed by atoms with van der Waals surface area (Å²) in [4.78, 5) is 61.5. The van der Waals surface area contributed by atoms with Crippen LogP contribution in [0.4, 0.5) is 4.79 Å². The van der Waals surface area contributed by atoms with Crippen molar-refractivity contribution in [2.24, 2.45) is 5.73 Å². The number of aromatic nitrogens is 2. The summed E-state index contributed by atoms with van der Waals surface area (Å²) in [7, 11) is -2.21. The summed E-state index contributed by atoms with van der Waals surface area (Å²) < 4.78 is 11.3. The number of H-pyrrole nitrogens is 1. The fourth-order valence-corrected chi connectivity index (χ4v) is 11.8. The van der Waals surface area contributed by atoms with E-state index in [0.29, 0.717) is 52.9 Å². The van der Waals surface area contributed by atoms with E-state index >= 15 is 0 Å². The summed E-state index contributed by atoms with van der Waals surface area (Å²) in [5.74, 6) is -0.563. The molecule has 0 aliphatic carbocycles. The predicted molar refractivity (Wildman–Crippen MR) is 222 cm³/mol. The van der Waals surface area contributed by atoms with Crippen molar-refractivity contribution in [2.45, 2.75) is 51.3 Å². The summed E-state index contributed by atoms with van der Waals surface area (Å²) in [6.45, 7) is 4.01. The van der Waals surface area contributed by atoms with Crippen molar-refractivity contribution >= 4 is 58.1 Å². The van der Waals surface area contributed by atoms with Gasteiger partial charge in [0.25, 0.3) is 5.91 Å². The zero-order valence-electron chi connectivity index (χ0n) is 31.9. The van der Waals surface area contributed by atoms with Crippen LogP contribution in [0.25, 0.3) is 11.0 Å². The molecule has 0 bridgehead atoms. The Balaban J connectivity index is 0.946. The predicted octanol–water partition coefficient (Wildman–Crippen LogP) is 6.10. The first kappa shape index (κ1) is 38.9. The number of carbonyl (C=O) groups excluding carboxylic acids is 4. The fraction of sp³-hybridized carbons (Fsp3) is 0.222. The minimum Gasteiger partial charge on any atom is -0.445 e. The molecule has 3 amide bonds. The van der Waals surface area contributed by atoms with Crippen molar-refractivity contribution < 1.29 is 28.7 Å². The summed E-state index contributed by atoms with van der Waals surface area (Å²) in [5, 5.41) is 6.39. The molecular weight excluding hydrogens is 737 g/mol. The SMILES string of the molecule is C[C@H](NC(=O)CC[P+](c1ccccc1)(c1ccccc1)c1ccccc1)C(=O)Oc1ccc(COC(=O)N2CCCC2(C)c2nc3c(C(N)=O)cccc3[nH]2)cc1. The third-order valence-corrected chi connectivity index (χ3v) is 15.1. The molecule has 1 fully saturated rings. The van der Waals surface area contributed by atoms with Crippen molar-refractivity contribution in [1.29, 1.82) is 0 Å². The van der Waals surface area contributed by atoms with Crippen LogP contribution in [-0.4, -0.2) is 57.5 Å². The lowest BCUT2D eigenvalue weighted by molar-refractivity contribution is -0.138. The van der Waals surface area contributed by atoms with Gasteiger partial charge in [-0.05, 0) is 92.9 Å². The van der Waals surface area contributed by atoms with E-state index in [1.54, 1.807) is 48.2 Å². The number of nitrogens with two attached hydrogens (primary N) is 1. The van der Waals surface area contributed by atoms with Gasteiger partial charge < -0.3 is 25.5 Å². The standard InChI is InChI=1S/C45H44N5O6P/c1-31(47-39(51)26-29-57(34-14-6-3-7-15-34,35-16-8-4-9-17-35)36-18-10-5-11-19-36)42(53)56-33-24-22-32(23-25-33)30-55-44(54)50-28-13-27-45(50,2)43-48-38-21-12-20-37(41(46)52)40(38)49-43/h3-12,14-25,31H,13,26-30H2,1-2H3,(H3-,46,47,48,49,51,52)/p+1/t31-,45?/m0/s1. The molecule has 6 aromatic rings. The van der Waals surface area contributed by atoms with Gasteiger partial charge in [-0.15, -0.1) is 0 Å². The van der Waals surface area contributed by atoms with Gasteiger partial charge in [0.2, 0.25) is 5.91 Å². The summed E-state index contributed by atoms with van der Waals surface area (Å²) in [6, 6.07) is 42.0. The van der Waals surface area contributed by atoms with Gasteiger partial charge in [0, 0.05) is 6.54 Å². The Kier molecular flexibility index (Phi) is 11.5. The van der Waals surface area contributed by atoms with E-state index < -0.39 is 36.8 Å². The van der Waals surface area contributed by atoms with Gasteiger partial charge in [0.15, 0.2) is 0 Å². The monoisotopic (exact) mass is 782 g/mol. The molecule has 11 nitrogen and oxygen atoms in total. The van der Waals surface area contributed by atoms with E-state index in [2.05, 4.69) is 51.7 Å². The normalized spacial score (nSPS) is 15.9. The smallest absolute Gasteiger partial charge is 0.410 e. The number of imidazole rings is 1. The molecule has 0 saturated carbocycles. The number of likely N-dealkylation sites (tertiary alicyclic amines) is 1. The van der Waals surface area contributed by atoms with Crippen LogP contribution in [0, 0.1) is 0 Å². The lowest BCUT2D eigenvalue weighted by Gasteiger charge is -2.32. The van der Waals surface area contributed by atoms with Gasteiger partial charge in [-0.3, -0.25) is 14.5 Å².